The number of H-pyrrole nitrogens is 1. The monoisotopic (exact) mass is 273 g/mol. The van der Waals surface area contributed by atoms with Crippen molar-refractivity contribution in [2.24, 2.45) is 7.05 Å². The number of benzene rings is 2. The van der Waals surface area contributed by atoms with Crippen LogP contribution in [-0.2, 0) is 7.05 Å². The lowest BCUT2D eigenvalue weighted by Crippen LogP contribution is -1.90. The normalized spacial score (nSPS) is 11.0. The quantitative estimate of drug-likeness (QED) is 0.579. The van der Waals surface area contributed by atoms with Crippen molar-refractivity contribution in [1.29, 1.82) is 5.26 Å². The number of imidazole rings is 1. The molecule has 0 spiro atoms. The molecule has 0 saturated heterocycles. The summed E-state index contributed by atoms with van der Waals surface area (Å²) in [4.78, 5) is 7.84. The van der Waals surface area contributed by atoms with Gasteiger partial charge in [0.25, 0.3) is 0 Å². The van der Waals surface area contributed by atoms with E-state index in [1.54, 1.807) is 12.1 Å². The Balaban J connectivity index is 1.98. The van der Waals surface area contributed by atoms with E-state index in [-0.39, 0.29) is 0 Å². The van der Waals surface area contributed by atoms with Gasteiger partial charge in [-0.3, -0.25) is 4.68 Å². The van der Waals surface area contributed by atoms with E-state index in [1.807, 2.05) is 42.1 Å². The van der Waals surface area contributed by atoms with Crippen molar-refractivity contribution in [3.05, 3.63) is 48.0 Å². The molecule has 21 heavy (non-hydrogen) atoms. The van der Waals surface area contributed by atoms with Gasteiger partial charge in [0, 0.05) is 12.4 Å². The Labute approximate surface area is 120 Å². The Morgan fingerprint density at radius 2 is 2.05 bits per heavy atom. The first-order valence-corrected chi connectivity index (χ1v) is 6.58. The van der Waals surface area contributed by atoms with Crippen LogP contribution in [0.3, 0.4) is 0 Å². The van der Waals surface area contributed by atoms with E-state index in [9.17, 15) is 0 Å². The Morgan fingerprint density at radius 1 is 1.19 bits per heavy atom. The summed E-state index contributed by atoms with van der Waals surface area (Å²) in [6.07, 6.45) is 0. The van der Waals surface area contributed by atoms with Crippen LogP contribution in [-0.4, -0.2) is 19.7 Å². The summed E-state index contributed by atoms with van der Waals surface area (Å²) < 4.78 is 1.85. The van der Waals surface area contributed by atoms with Crippen molar-refractivity contribution in [2.45, 2.75) is 0 Å². The first kappa shape index (κ1) is 11.7. The second-order valence-corrected chi connectivity index (χ2v) is 4.92. The SMILES string of the molecule is Cn1nc(-c2nc3ccc(C#N)cc3[nH]2)c2ccccc21. The summed E-state index contributed by atoms with van der Waals surface area (Å²) >= 11 is 0. The maximum absolute atomic E-state index is 8.97. The van der Waals surface area contributed by atoms with Crippen molar-refractivity contribution in [1.82, 2.24) is 19.7 Å². The van der Waals surface area contributed by atoms with Crippen LogP contribution in [0, 0.1) is 11.3 Å². The van der Waals surface area contributed by atoms with E-state index < -0.39 is 0 Å². The van der Waals surface area contributed by atoms with Crippen molar-refractivity contribution in [3.8, 4) is 17.6 Å². The largest absolute Gasteiger partial charge is 0.337 e. The maximum Gasteiger partial charge on any atom is 0.159 e. The van der Waals surface area contributed by atoms with Gasteiger partial charge >= 0.3 is 0 Å². The highest BCUT2D eigenvalue weighted by Gasteiger charge is 2.13. The Morgan fingerprint density at radius 3 is 2.90 bits per heavy atom. The summed E-state index contributed by atoms with van der Waals surface area (Å²) in [7, 11) is 1.92. The van der Waals surface area contributed by atoms with Crippen molar-refractivity contribution >= 4 is 21.9 Å². The molecule has 0 fully saturated rings. The minimum Gasteiger partial charge on any atom is -0.337 e. The fourth-order valence-electron chi connectivity index (χ4n) is 2.58. The van der Waals surface area contributed by atoms with Gasteiger partial charge in [0.1, 0.15) is 5.69 Å². The number of para-hydroxylation sites is 1. The summed E-state index contributed by atoms with van der Waals surface area (Å²) in [6.45, 7) is 0. The minimum absolute atomic E-state index is 0.614. The smallest absolute Gasteiger partial charge is 0.159 e. The van der Waals surface area contributed by atoms with Gasteiger partial charge in [0.05, 0.1) is 28.2 Å². The second kappa shape index (κ2) is 4.18. The lowest BCUT2D eigenvalue weighted by molar-refractivity contribution is 0.798. The molecule has 4 aromatic rings. The van der Waals surface area contributed by atoms with E-state index in [4.69, 9.17) is 5.26 Å². The number of nitrogens with zero attached hydrogens (tertiary/aromatic N) is 4. The molecular weight excluding hydrogens is 262 g/mol. The molecule has 5 heteroatoms. The molecule has 0 radical (unpaired) electrons. The number of hydrogen-bond acceptors (Lipinski definition) is 3. The van der Waals surface area contributed by atoms with Crippen LogP contribution in [0.25, 0.3) is 33.5 Å². The number of aromatic amines is 1. The van der Waals surface area contributed by atoms with E-state index in [2.05, 4.69) is 21.1 Å². The Kier molecular flexibility index (Phi) is 2.33. The standard InChI is InChI=1S/C16H11N5/c1-21-14-5-3-2-4-11(14)15(20-21)16-18-12-7-6-10(9-17)8-13(12)19-16/h2-8H,1H3,(H,18,19). The average Bonchev–Trinajstić information content (AvgIpc) is 3.08. The van der Waals surface area contributed by atoms with Crippen LogP contribution in [0.5, 0.6) is 0 Å². The second-order valence-electron chi connectivity index (χ2n) is 4.92. The fourth-order valence-corrected chi connectivity index (χ4v) is 2.58. The number of rotatable bonds is 1. The third kappa shape index (κ3) is 1.70. The molecule has 5 nitrogen and oxygen atoms in total. The van der Waals surface area contributed by atoms with Crippen LogP contribution in [0.15, 0.2) is 42.5 Å². The van der Waals surface area contributed by atoms with Crippen LogP contribution in [0.1, 0.15) is 5.56 Å². The molecule has 4 rings (SSSR count). The molecule has 0 saturated carbocycles. The highest BCUT2D eigenvalue weighted by Crippen LogP contribution is 2.27. The van der Waals surface area contributed by atoms with E-state index >= 15 is 0 Å². The van der Waals surface area contributed by atoms with Gasteiger partial charge in [-0.1, -0.05) is 18.2 Å². The molecule has 2 aromatic carbocycles. The molecule has 2 aromatic heterocycles. The minimum atomic E-state index is 0.614. The predicted octanol–water partition coefficient (Wildman–Crippen LogP) is 2.99. The number of nitriles is 1. The van der Waals surface area contributed by atoms with Crippen LogP contribution >= 0.6 is 0 Å². The van der Waals surface area contributed by atoms with Crippen molar-refractivity contribution in [3.63, 3.8) is 0 Å². The predicted molar refractivity (Wildman–Crippen MR) is 80.5 cm³/mol. The van der Waals surface area contributed by atoms with Crippen LogP contribution in [0.4, 0.5) is 0 Å². The highest BCUT2D eigenvalue weighted by molar-refractivity contribution is 5.93. The number of aryl methyl sites for hydroxylation is 1. The molecule has 0 aliphatic heterocycles. The molecule has 0 bridgehead atoms. The summed E-state index contributed by atoms with van der Waals surface area (Å²) in [5.74, 6) is 0.719. The first-order valence-electron chi connectivity index (χ1n) is 6.58. The Hall–Kier alpha value is -3.13. The summed E-state index contributed by atoms with van der Waals surface area (Å²) in [5, 5.41) is 14.6. The van der Waals surface area contributed by atoms with E-state index in [1.165, 1.54) is 0 Å². The Bertz CT molecular complexity index is 1020. The van der Waals surface area contributed by atoms with E-state index in [0.717, 1.165) is 33.5 Å². The van der Waals surface area contributed by atoms with Crippen LogP contribution in [0.2, 0.25) is 0 Å². The zero-order valence-corrected chi connectivity index (χ0v) is 11.3. The zero-order valence-electron chi connectivity index (χ0n) is 11.3. The molecule has 0 atom stereocenters. The van der Waals surface area contributed by atoms with Gasteiger partial charge in [0.15, 0.2) is 5.82 Å². The fraction of sp³-hybridized carbons (Fsp3) is 0.0625. The third-order valence-corrected chi connectivity index (χ3v) is 3.59. The summed E-state index contributed by atoms with van der Waals surface area (Å²) in [5.41, 5.74) is 4.18. The van der Waals surface area contributed by atoms with Gasteiger partial charge in [0.2, 0.25) is 0 Å². The third-order valence-electron chi connectivity index (χ3n) is 3.59. The van der Waals surface area contributed by atoms with Crippen molar-refractivity contribution < 1.29 is 0 Å². The van der Waals surface area contributed by atoms with Gasteiger partial charge < -0.3 is 4.98 Å². The zero-order chi connectivity index (χ0) is 14.4. The molecule has 0 aliphatic rings. The topological polar surface area (TPSA) is 70.3 Å². The lowest BCUT2D eigenvalue weighted by atomic mass is 10.2. The average molecular weight is 273 g/mol. The van der Waals surface area contributed by atoms with Gasteiger partial charge in [-0.05, 0) is 24.3 Å². The molecule has 0 unspecified atom stereocenters. The molecular formula is C16H11N5. The van der Waals surface area contributed by atoms with Crippen molar-refractivity contribution in [2.75, 3.05) is 0 Å². The molecule has 1 N–H and O–H groups in total. The van der Waals surface area contributed by atoms with E-state index in [0.29, 0.717) is 5.56 Å². The van der Waals surface area contributed by atoms with Gasteiger partial charge in [-0.2, -0.15) is 10.4 Å². The lowest BCUT2D eigenvalue weighted by Gasteiger charge is -1.91. The number of fused-ring (bicyclic) bond motifs is 2. The maximum atomic E-state index is 8.97. The molecule has 100 valence electrons. The number of hydrogen-bond donors (Lipinski definition) is 1. The molecule has 0 amide bonds. The van der Waals surface area contributed by atoms with Gasteiger partial charge in [-0.25, -0.2) is 4.98 Å². The number of nitrogens with one attached hydrogen (secondary N) is 1. The highest BCUT2D eigenvalue weighted by atomic mass is 15.3. The van der Waals surface area contributed by atoms with Gasteiger partial charge in [-0.15, -0.1) is 0 Å². The molecule has 2 heterocycles. The van der Waals surface area contributed by atoms with Crippen LogP contribution < -0.4 is 0 Å². The first-order chi connectivity index (χ1) is 10.3. The number of aromatic nitrogens is 4. The molecule has 0 aliphatic carbocycles. The summed E-state index contributed by atoms with van der Waals surface area (Å²) in [6, 6.07) is 15.6.